The minimum Gasteiger partial charge on any atom is -0.478 e. The number of carbonyl (C=O) groups excluding carboxylic acids is 1. The minimum atomic E-state index is -0.900. The molecule has 0 heterocycles. The van der Waals surface area contributed by atoms with E-state index in [-0.39, 0.29) is 11.5 Å². The number of hydrogen-bond donors (Lipinski definition) is 1. The second kappa shape index (κ2) is 8.04. The van der Waals surface area contributed by atoms with Crippen LogP contribution in [-0.4, -0.2) is 36.0 Å². The number of nitrogens with zero attached hydrogens (tertiary/aromatic N) is 1. The quantitative estimate of drug-likeness (QED) is 0.697. The lowest BCUT2D eigenvalue weighted by atomic mass is 10.2. The van der Waals surface area contributed by atoms with Gasteiger partial charge in [-0.2, -0.15) is 0 Å². The Balaban J connectivity index is 0. The van der Waals surface area contributed by atoms with Crippen LogP contribution in [0, 0.1) is 0 Å². The van der Waals surface area contributed by atoms with Gasteiger partial charge in [0, 0.05) is 19.7 Å². The van der Waals surface area contributed by atoms with Gasteiger partial charge in [0.05, 0.1) is 0 Å². The lowest BCUT2D eigenvalue weighted by Gasteiger charge is -2.03. The molecule has 0 saturated heterocycles. The minimum absolute atomic E-state index is 0.0556. The van der Waals surface area contributed by atoms with Crippen LogP contribution in [0.1, 0.15) is 13.3 Å². The highest BCUT2D eigenvalue weighted by atomic mass is 16.4. The van der Waals surface area contributed by atoms with Crippen molar-refractivity contribution in [3.63, 3.8) is 0 Å². The Morgan fingerprint density at radius 3 is 1.86 bits per heavy atom. The van der Waals surface area contributed by atoms with E-state index in [2.05, 4.69) is 13.2 Å². The number of amides is 1. The van der Waals surface area contributed by atoms with E-state index in [4.69, 9.17) is 5.11 Å². The third kappa shape index (κ3) is 8.52. The van der Waals surface area contributed by atoms with Crippen molar-refractivity contribution in [1.82, 2.24) is 4.90 Å². The summed E-state index contributed by atoms with van der Waals surface area (Å²) >= 11 is 0. The van der Waals surface area contributed by atoms with E-state index in [1.165, 1.54) is 11.0 Å². The second-order valence-corrected chi connectivity index (χ2v) is 2.70. The molecule has 0 radical (unpaired) electrons. The normalized spacial score (nSPS) is 7.93. The SMILES string of the molecule is C=C(CC)C(=O)O.C=CC(=O)N(C)C. The van der Waals surface area contributed by atoms with Gasteiger partial charge in [-0.15, -0.1) is 0 Å². The molecular formula is C10H17NO3. The maximum atomic E-state index is 10.3. The summed E-state index contributed by atoms with van der Waals surface area (Å²) < 4.78 is 0. The smallest absolute Gasteiger partial charge is 0.330 e. The Hall–Kier alpha value is -1.58. The molecule has 4 nitrogen and oxygen atoms in total. The summed E-state index contributed by atoms with van der Waals surface area (Å²) in [4.78, 5) is 21.6. The van der Waals surface area contributed by atoms with Crippen molar-refractivity contribution in [2.24, 2.45) is 0 Å². The molecule has 0 unspecified atom stereocenters. The van der Waals surface area contributed by atoms with Crippen LogP contribution in [0.4, 0.5) is 0 Å². The molecular weight excluding hydrogens is 182 g/mol. The van der Waals surface area contributed by atoms with Gasteiger partial charge in [0.15, 0.2) is 0 Å². The van der Waals surface area contributed by atoms with Crippen LogP contribution < -0.4 is 0 Å². The average Bonchev–Trinajstić information content (AvgIpc) is 2.15. The van der Waals surface area contributed by atoms with Gasteiger partial charge in [-0.25, -0.2) is 4.79 Å². The molecule has 1 N–H and O–H groups in total. The first-order valence-electron chi connectivity index (χ1n) is 4.11. The molecule has 0 aromatic rings. The topological polar surface area (TPSA) is 57.6 Å². The lowest BCUT2D eigenvalue weighted by molar-refractivity contribution is -0.132. The van der Waals surface area contributed by atoms with Crippen LogP contribution in [0.15, 0.2) is 24.8 Å². The molecule has 0 spiro atoms. The zero-order valence-corrected chi connectivity index (χ0v) is 8.91. The molecule has 0 aromatic carbocycles. The van der Waals surface area contributed by atoms with Crippen LogP contribution in [0.2, 0.25) is 0 Å². The Bertz CT molecular complexity index is 230. The summed E-state index contributed by atoms with van der Waals surface area (Å²) in [5, 5.41) is 8.08. The van der Waals surface area contributed by atoms with Gasteiger partial charge >= 0.3 is 5.97 Å². The van der Waals surface area contributed by atoms with Gasteiger partial charge in [-0.1, -0.05) is 20.1 Å². The summed E-state index contributed by atoms with van der Waals surface area (Å²) in [6.07, 6.45) is 1.80. The van der Waals surface area contributed by atoms with E-state index < -0.39 is 5.97 Å². The van der Waals surface area contributed by atoms with Crippen molar-refractivity contribution in [3.8, 4) is 0 Å². The lowest BCUT2D eigenvalue weighted by Crippen LogP contribution is -2.18. The van der Waals surface area contributed by atoms with Gasteiger partial charge in [-0.05, 0) is 12.5 Å². The number of hydrogen-bond acceptors (Lipinski definition) is 2. The Morgan fingerprint density at radius 1 is 1.43 bits per heavy atom. The highest BCUT2D eigenvalue weighted by molar-refractivity contribution is 5.86. The third-order valence-corrected chi connectivity index (χ3v) is 1.34. The fourth-order valence-corrected chi connectivity index (χ4v) is 0.334. The second-order valence-electron chi connectivity index (χ2n) is 2.70. The Kier molecular flexibility index (Phi) is 8.57. The van der Waals surface area contributed by atoms with Crippen molar-refractivity contribution < 1.29 is 14.7 Å². The van der Waals surface area contributed by atoms with Crippen molar-refractivity contribution >= 4 is 11.9 Å². The molecule has 0 aliphatic heterocycles. The molecule has 0 fully saturated rings. The first-order valence-corrected chi connectivity index (χ1v) is 4.11. The maximum Gasteiger partial charge on any atom is 0.330 e. The molecule has 0 aliphatic rings. The van der Waals surface area contributed by atoms with E-state index in [0.29, 0.717) is 6.42 Å². The number of carboxylic acids is 1. The first-order chi connectivity index (χ1) is 6.36. The number of likely N-dealkylation sites (N-methyl/N-ethyl adjacent to an activating group) is 1. The number of aliphatic carboxylic acids is 1. The standard InChI is InChI=1S/C5H9NO.C5H8O2/c1-4-5(7)6(2)3;1-3-4(2)5(6)7/h4H,1H2,2-3H3;2-3H2,1H3,(H,6,7). The molecule has 0 aromatic heterocycles. The van der Waals surface area contributed by atoms with Gasteiger partial charge in [0.1, 0.15) is 0 Å². The predicted octanol–water partition coefficient (Wildman–Crippen LogP) is 1.30. The van der Waals surface area contributed by atoms with Crippen LogP contribution >= 0.6 is 0 Å². The van der Waals surface area contributed by atoms with Gasteiger partial charge < -0.3 is 10.0 Å². The van der Waals surface area contributed by atoms with Crippen molar-refractivity contribution in [2.75, 3.05) is 14.1 Å². The largest absolute Gasteiger partial charge is 0.478 e. The monoisotopic (exact) mass is 199 g/mol. The zero-order valence-electron chi connectivity index (χ0n) is 8.91. The van der Waals surface area contributed by atoms with E-state index in [1.54, 1.807) is 21.0 Å². The maximum absolute atomic E-state index is 10.3. The third-order valence-electron chi connectivity index (χ3n) is 1.34. The van der Waals surface area contributed by atoms with Crippen molar-refractivity contribution in [1.29, 1.82) is 0 Å². The molecule has 0 atom stereocenters. The predicted molar refractivity (Wildman–Crippen MR) is 56.0 cm³/mol. The van der Waals surface area contributed by atoms with E-state index >= 15 is 0 Å². The van der Waals surface area contributed by atoms with Crippen LogP contribution in [0.3, 0.4) is 0 Å². The van der Waals surface area contributed by atoms with Gasteiger partial charge in [0.25, 0.3) is 0 Å². The molecule has 80 valence electrons. The first kappa shape index (κ1) is 14.9. The average molecular weight is 199 g/mol. The molecule has 0 rings (SSSR count). The molecule has 0 saturated carbocycles. The van der Waals surface area contributed by atoms with Crippen LogP contribution in [0.5, 0.6) is 0 Å². The highest BCUT2D eigenvalue weighted by Gasteiger charge is 1.96. The van der Waals surface area contributed by atoms with E-state index in [0.717, 1.165) is 0 Å². The summed E-state index contributed by atoms with van der Waals surface area (Å²) in [5.74, 6) is -0.956. The fourth-order valence-electron chi connectivity index (χ4n) is 0.334. The number of carboxylic acid groups (broad SMARTS) is 1. The summed E-state index contributed by atoms with van der Waals surface area (Å²) in [6.45, 7) is 8.32. The van der Waals surface area contributed by atoms with Crippen LogP contribution in [-0.2, 0) is 9.59 Å². The summed E-state index contributed by atoms with van der Waals surface area (Å²) in [7, 11) is 3.37. The molecule has 14 heavy (non-hydrogen) atoms. The van der Waals surface area contributed by atoms with Gasteiger partial charge in [-0.3, -0.25) is 4.79 Å². The van der Waals surface area contributed by atoms with E-state index in [1.807, 2.05) is 0 Å². The number of rotatable bonds is 3. The van der Waals surface area contributed by atoms with Crippen molar-refractivity contribution in [2.45, 2.75) is 13.3 Å². The van der Waals surface area contributed by atoms with E-state index in [9.17, 15) is 9.59 Å². The Labute approximate surface area is 84.5 Å². The molecule has 0 bridgehead atoms. The summed E-state index contributed by atoms with van der Waals surface area (Å²) in [5.41, 5.74) is 0.264. The molecule has 1 amide bonds. The fraction of sp³-hybridized carbons (Fsp3) is 0.400. The number of carbonyl (C=O) groups is 2. The zero-order chi connectivity index (χ0) is 11.7. The summed E-state index contributed by atoms with van der Waals surface area (Å²) in [6, 6.07) is 0. The van der Waals surface area contributed by atoms with Gasteiger partial charge in [0.2, 0.25) is 5.91 Å². The van der Waals surface area contributed by atoms with Crippen molar-refractivity contribution in [3.05, 3.63) is 24.8 Å². The van der Waals surface area contributed by atoms with Crippen LogP contribution in [0.25, 0.3) is 0 Å². The molecule has 4 heteroatoms. The molecule has 0 aliphatic carbocycles. The Morgan fingerprint density at radius 2 is 1.86 bits per heavy atom. The highest BCUT2D eigenvalue weighted by Crippen LogP contribution is 1.93.